The van der Waals surface area contributed by atoms with Crippen molar-refractivity contribution in [2.75, 3.05) is 0 Å². The average molecular weight is 198 g/mol. The summed E-state index contributed by atoms with van der Waals surface area (Å²) in [6, 6.07) is 0.181. The van der Waals surface area contributed by atoms with Crippen LogP contribution < -0.4 is 5.73 Å². The average Bonchev–Trinajstić information content (AvgIpc) is 2.60. The largest absolute Gasteiger partial charge is 0.324 e. The number of halogens is 1. The molecule has 1 heterocycles. The first-order valence-corrected chi connectivity index (χ1v) is 4.70. The van der Waals surface area contributed by atoms with Gasteiger partial charge in [0.15, 0.2) is 0 Å². The normalized spacial score (nSPS) is 22.1. The first-order chi connectivity index (χ1) is 6.18. The molecular weight excluding hydrogens is 186 g/mol. The molecule has 0 saturated carbocycles. The van der Waals surface area contributed by atoms with E-state index in [1.807, 2.05) is 7.05 Å². The fraction of sp³-hybridized carbons (Fsp3) is 0.444. The second-order valence-electron chi connectivity index (χ2n) is 3.36. The van der Waals surface area contributed by atoms with Crippen LogP contribution in [0.4, 0.5) is 0 Å². The molecule has 1 aromatic rings. The molecule has 3 nitrogen and oxygen atoms in total. The zero-order valence-corrected chi connectivity index (χ0v) is 8.25. The predicted octanol–water partition coefficient (Wildman–Crippen LogP) is 1.58. The lowest BCUT2D eigenvalue weighted by Crippen LogP contribution is -2.11. The summed E-state index contributed by atoms with van der Waals surface area (Å²) in [5, 5.41) is 4.80. The number of nitrogens with zero attached hydrogens (tertiary/aromatic N) is 2. The minimum Gasteiger partial charge on any atom is -0.324 e. The van der Waals surface area contributed by atoms with Crippen LogP contribution in [-0.2, 0) is 7.05 Å². The van der Waals surface area contributed by atoms with Gasteiger partial charge in [0.2, 0.25) is 0 Å². The molecule has 0 bridgehead atoms. The zero-order valence-electron chi connectivity index (χ0n) is 7.50. The maximum atomic E-state index is 6.01. The summed E-state index contributed by atoms with van der Waals surface area (Å²) in [7, 11) is 1.89. The smallest absolute Gasteiger partial charge is 0.0862 e. The van der Waals surface area contributed by atoms with Crippen LogP contribution in [0.2, 0.25) is 5.02 Å². The van der Waals surface area contributed by atoms with Crippen LogP contribution in [0.1, 0.15) is 18.5 Å². The van der Waals surface area contributed by atoms with Crippen molar-refractivity contribution >= 4 is 17.2 Å². The summed E-state index contributed by atoms with van der Waals surface area (Å²) in [4.78, 5) is 0. The van der Waals surface area contributed by atoms with Crippen LogP contribution in [0, 0.1) is 0 Å². The van der Waals surface area contributed by atoms with Crippen molar-refractivity contribution in [1.29, 1.82) is 0 Å². The van der Waals surface area contributed by atoms with Crippen molar-refractivity contribution in [2.45, 2.75) is 18.9 Å². The van der Waals surface area contributed by atoms with Gasteiger partial charge in [-0.2, -0.15) is 5.10 Å². The summed E-state index contributed by atoms with van der Waals surface area (Å²) in [6.07, 6.45) is 5.75. The monoisotopic (exact) mass is 197 g/mol. The maximum absolute atomic E-state index is 6.01. The van der Waals surface area contributed by atoms with E-state index in [2.05, 4.69) is 11.2 Å². The summed E-state index contributed by atoms with van der Waals surface area (Å²) in [5.41, 5.74) is 8.01. The number of rotatable bonds is 1. The van der Waals surface area contributed by atoms with E-state index in [9.17, 15) is 0 Å². The molecule has 1 aliphatic rings. The molecule has 0 spiro atoms. The Kier molecular flexibility index (Phi) is 2.14. The Labute approximate surface area is 82.2 Å². The Morgan fingerprint density at radius 2 is 2.46 bits per heavy atom. The van der Waals surface area contributed by atoms with E-state index >= 15 is 0 Å². The summed E-state index contributed by atoms with van der Waals surface area (Å²) >= 11 is 6.01. The lowest BCUT2D eigenvalue weighted by molar-refractivity contribution is 0.748. The highest BCUT2D eigenvalue weighted by atomic mass is 35.5. The quantitative estimate of drug-likeness (QED) is 0.743. The molecule has 13 heavy (non-hydrogen) atoms. The molecular formula is C9H12ClN3. The molecule has 0 radical (unpaired) electrons. The second-order valence-corrected chi connectivity index (χ2v) is 3.77. The van der Waals surface area contributed by atoms with Crippen molar-refractivity contribution in [2.24, 2.45) is 12.8 Å². The van der Waals surface area contributed by atoms with E-state index in [0.717, 1.165) is 18.5 Å². The van der Waals surface area contributed by atoms with E-state index in [0.29, 0.717) is 5.02 Å². The Morgan fingerprint density at radius 3 is 2.92 bits per heavy atom. The molecule has 1 atom stereocenters. The fourth-order valence-corrected chi connectivity index (χ4v) is 2.00. The van der Waals surface area contributed by atoms with Gasteiger partial charge in [0.25, 0.3) is 0 Å². The predicted molar refractivity (Wildman–Crippen MR) is 53.4 cm³/mol. The van der Waals surface area contributed by atoms with Gasteiger partial charge in [0.1, 0.15) is 0 Å². The number of hydrogen-bond acceptors (Lipinski definition) is 2. The van der Waals surface area contributed by atoms with Gasteiger partial charge in [-0.15, -0.1) is 0 Å². The van der Waals surface area contributed by atoms with Crippen molar-refractivity contribution in [1.82, 2.24) is 9.78 Å². The van der Waals surface area contributed by atoms with E-state index in [4.69, 9.17) is 17.3 Å². The highest BCUT2D eigenvalue weighted by Crippen LogP contribution is 2.31. The van der Waals surface area contributed by atoms with Crippen molar-refractivity contribution in [3.8, 4) is 0 Å². The minimum absolute atomic E-state index is 0.181. The van der Waals surface area contributed by atoms with Gasteiger partial charge in [0.05, 0.1) is 16.9 Å². The van der Waals surface area contributed by atoms with Gasteiger partial charge in [-0.05, 0) is 18.4 Å². The Hall–Kier alpha value is -0.800. The SMILES string of the molecule is Cn1ncc(Cl)c1C1=CC(N)CC1. The molecule has 1 aliphatic carbocycles. The van der Waals surface area contributed by atoms with E-state index < -0.39 is 0 Å². The number of allylic oxidation sites excluding steroid dienone is 1. The van der Waals surface area contributed by atoms with Crippen LogP contribution >= 0.6 is 11.6 Å². The van der Waals surface area contributed by atoms with Gasteiger partial charge < -0.3 is 5.73 Å². The molecule has 0 aliphatic heterocycles. The third-order valence-electron chi connectivity index (χ3n) is 2.36. The van der Waals surface area contributed by atoms with Crippen molar-refractivity contribution in [3.63, 3.8) is 0 Å². The van der Waals surface area contributed by atoms with E-state index in [1.165, 1.54) is 5.57 Å². The minimum atomic E-state index is 0.181. The lowest BCUT2D eigenvalue weighted by Gasteiger charge is -2.02. The van der Waals surface area contributed by atoms with Crippen LogP contribution in [0.15, 0.2) is 12.3 Å². The molecule has 4 heteroatoms. The molecule has 1 unspecified atom stereocenters. The molecule has 0 aromatic carbocycles. The number of hydrogen-bond donors (Lipinski definition) is 1. The van der Waals surface area contributed by atoms with Crippen LogP contribution in [0.5, 0.6) is 0 Å². The summed E-state index contributed by atoms with van der Waals surface area (Å²) < 4.78 is 1.80. The Morgan fingerprint density at radius 1 is 1.69 bits per heavy atom. The van der Waals surface area contributed by atoms with Crippen LogP contribution in [0.3, 0.4) is 0 Å². The third kappa shape index (κ3) is 1.49. The highest BCUT2D eigenvalue weighted by molar-refractivity contribution is 6.32. The molecule has 0 fully saturated rings. The van der Waals surface area contributed by atoms with Crippen molar-refractivity contribution < 1.29 is 0 Å². The number of aromatic nitrogens is 2. The summed E-state index contributed by atoms with van der Waals surface area (Å²) in [5.74, 6) is 0. The van der Waals surface area contributed by atoms with Gasteiger partial charge in [-0.1, -0.05) is 17.7 Å². The van der Waals surface area contributed by atoms with E-state index in [1.54, 1.807) is 10.9 Å². The lowest BCUT2D eigenvalue weighted by atomic mass is 10.2. The van der Waals surface area contributed by atoms with E-state index in [-0.39, 0.29) is 6.04 Å². The van der Waals surface area contributed by atoms with Crippen LogP contribution in [0.25, 0.3) is 5.57 Å². The Bertz CT molecular complexity index is 334. The first-order valence-electron chi connectivity index (χ1n) is 4.32. The first kappa shape index (κ1) is 8.78. The topological polar surface area (TPSA) is 43.8 Å². The maximum Gasteiger partial charge on any atom is 0.0862 e. The third-order valence-corrected chi connectivity index (χ3v) is 2.64. The zero-order chi connectivity index (χ0) is 9.42. The highest BCUT2D eigenvalue weighted by Gasteiger charge is 2.18. The van der Waals surface area contributed by atoms with Gasteiger partial charge in [0, 0.05) is 13.1 Å². The fourth-order valence-electron chi connectivity index (χ4n) is 1.72. The van der Waals surface area contributed by atoms with Gasteiger partial charge in [-0.3, -0.25) is 4.68 Å². The van der Waals surface area contributed by atoms with Crippen molar-refractivity contribution in [3.05, 3.63) is 23.0 Å². The molecule has 2 rings (SSSR count). The number of aryl methyl sites for hydroxylation is 1. The standard InChI is InChI=1S/C9H12ClN3/c1-13-9(8(10)5-12-13)6-2-3-7(11)4-6/h4-5,7H,2-3,11H2,1H3. The van der Waals surface area contributed by atoms with Gasteiger partial charge >= 0.3 is 0 Å². The second kappa shape index (κ2) is 3.16. The van der Waals surface area contributed by atoms with Crippen LogP contribution in [-0.4, -0.2) is 15.8 Å². The molecule has 0 saturated heterocycles. The Balaban J connectivity index is 2.40. The molecule has 70 valence electrons. The molecule has 2 N–H and O–H groups in total. The molecule has 0 amide bonds. The van der Waals surface area contributed by atoms with Gasteiger partial charge in [-0.25, -0.2) is 0 Å². The molecule has 1 aromatic heterocycles. The summed E-state index contributed by atoms with van der Waals surface area (Å²) in [6.45, 7) is 0. The number of nitrogens with two attached hydrogens (primary N) is 1.